The largest absolute Gasteiger partial charge is 0.494 e. The van der Waals surface area contributed by atoms with E-state index in [0.29, 0.717) is 19.6 Å². The molecule has 0 saturated carbocycles. The molecular weight excluding hydrogens is 516 g/mol. The molecule has 0 amide bonds. The quantitative estimate of drug-likeness (QED) is 0.540. The maximum absolute atomic E-state index is 14.2. The maximum Gasteiger partial charge on any atom is 0.490 e. The Morgan fingerprint density at radius 3 is 2.24 bits per heavy atom. The van der Waals surface area contributed by atoms with Gasteiger partial charge in [0.2, 0.25) is 10.0 Å². The van der Waals surface area contributed by atoms with Crippen LogP contribution in [0.25, 0.3) is 0 Å². The number of piperidine rings is 1. The highest BCUT2D eigenvalue weighted by atomic mass is 32.2. The fraction of sp³-hybridized carbons (Fsp3) is 0.480. The highest BCUT2D eigenvalue weighted by molar-refractivity contribution is 7.88. The Labute approximate surface area is 213 Å². The number of hydrogen-bond acceptors (Lipinski definition) is 5. The van der Waals surface area contributed by atoms with Crippen molar-refractivity contribution >= 4 is 16.0 Å². The van der Waals surface area contributed by atoms with E-state index in [1.54, 1.807) is 10.4 Å². The van der Waals surface area contributed by atoms with Crippen molar-refractivity contribution in [1.29, 1.82) is 0 Å². The van der Waals surface area contributed by atoms with Crippen molar-refractivity contribution in [2.75, 3.05) is 26.7 Å². The first-order valence-electron chi connectivity index (χ1n) is 11.8. The van der Waals surface area contributed by atoms with Crippen LogP contribution in [0.15, 0.2) is 48.5 Å². The third-order valence-corrected chi connectivity index (χ3v) is 8.48. The Kier molecular flexibility index (Phi) is 9.19. The molecule has 2 heterocycles. The van der Waals surface area contributed by atoms with E-state index in [-0.39, 0.29) is 22.9 Å². The van der Waals surface area contributed by atoms with Gasteiger partial charge in [0.25, 0.3) is 0 Å². The number of methoxy groups -OCH3 is 1. The predicted octanol–water partition coefficient (Wildman–Crippen LogP) is 4.43. The molecule has 0 bridgehead atoms. The summed E-state index contributed by atoms with van der Waals surface area (Å²) in [5.74, 6) is -2.84. The van der Waals surface area contributed by atoms with Gasteiger partial charge in [-0.25, -0.2) is 17.6 Å². The van der Waals surface area contributed by atoms with Crippen LogP contribution in [0.2, 0.25) is 0 Å². The van der Waals surface area contributed by atoms with Crippen LogP contribution in [0, 0.1) is 5.82 Å². The molecule has 2 aliphatic heterocycles. The van der Waals surface area contributed by atoms with Crippen molar-refractivity contribution in [2.24, 2.45) is 0 Å². The first-order chi connectivity index (χ1) is 17.4. The number of likely N-dealkylation sites (tertiary alicyclic amines) is 1. The SMILES string of the molecule is COc1ccc(CN2CCCC23CCCN(S(=O)(=O)Cc2ccccc2)C3)cc1F.O=C(O)C(F)(F)F. The first kappa shape index (κ1) is 28.9. The Morgan fingerprint density at radius 1 is 1.05 bits per heavy atom. The van der Waals surface area contributed by atoms with Gasteiger partial charge in [0.1, 0.15) is 0 Å². The molecule has 1 N–H and O–H groups in total. The van der Waals surface area contributed by atoms with Crippen molar-refractivity contribution in [1.82, 2.24) is 9.21 Å². The summed E-state index contributed by atoms with van der Waals surface area (Å²) in [5.41, 5.74) is 1.53. The van der Waals surface area contributed by atoms with E-state index in [1.807, 2.05) is 36.4 Å². The number of ether oxygens (including phenoxy) is 1. The number of carboxylic acids is 1. The second-order valence-electron chi connectivity index (χ2n) is 9.20. The van der Waals surface area contributed by atoms with Crippen LogP contribution in [-0.2, 0) is 27.1 Å². The minimum absolute atomic E-state index is 0.0353. The number of aliphatic carboxylic acids is 1. The van der Waals surface area contributed by atoms with Gasteiger partial charge >= 0.3 is 12.1 Å². The lowest BCUT2D eigenvalue weighted by atomic mass is 9.87. The van der Waals surface area contributed by atoms with Gasteiger partial charge in [-0.1, -0.05) is 36.4 Å². The van der Waals surface area contributed by atoms with Crippen molar-refractivity contribution in [3.05, 3.63) is 65.5 Å². The highest BCUT2D eigenvalue weighted by Gasteiger charge is 2.46. The molecule has 1 spiro atoms. The summed E-state index contributed by atoms with van der Waals surface area (Å²) in [4.78, 5) is 11.3. The minimum Gasteiger partial charge on any atom is -0.494 e. The molecule has 0 aliphatic carbocycles. The monoisotopic (exact) mass is 546 g/mol. The van der Waals surface area contributed by atoms with Crippen molar-refractivity contribution in [2.45, 2.75) is 49.7 Å². The zero-order valence-corrected chi connectivity index (χ0v) is 21.2. The number of carbonyl (C=O) groups is 1. The van der Waals surface area contributed by atoms with Gasteiger partial charge in [0.15, 0.2) is 11.6 Å². The van der Waals surface area contributed by atoms with Crippen molar-refractivity contribution < 1.29 is 40.6 Å². The standard InChI is InChI=1S/C23H29FN2O3S.C2HF3O2/c1-29-22-10-9-20(15-21(22)24)16-25-13-5-11-23(25)12-6-14-26(18-23)30(27,28)17-19-7-3-2-4-8-19;3-2(4,5)1(6)7/h2-4,7-10,15H,5-6,11-14,16-18H2,1H3;(H,6,7). The van der Waals surface area contributed by atoms with E-state index in [2.05, 4.69) is 4.90 Å². The second-order valence-corrected chi connectivity index (χ2v) is 11.2. The second kappa shape index (κ2) is 11.8. The molecule has 2 aliphatic rings. The maximum atomic E-state index is 14.2. The Balaban J connectivity index is 0.000000479. The smallest absolute Gasteiger partial charge is 0.490 e. The molecule has 1 atom stereocenters. The summed E-state index contributed by atoms with van der Waals surface area (Å²) in [6.07, 6.45) is -1.25. The van der Waals surface area contributed by atoms with Gasteiger partial charge in [0, 0.05) is 25.2 Å². The molecule has 1 unspecified atom stereocenters. The molecule has 7 nitrogen and oxygen atoms in total. The zero-order valence-electron chi connectivity index (χ0n) is 20.4. The number of hydrogen-bond donors (Lipinski definition) is 1. The molecule has 2 saturated heterocycles. The van der Waals surface area contributed by atoms with E-state index in [4.69, 9.17) is 14.6 Å². The summed E-state index contributed by atoms with van der Waals surface area (Å²) < 4.78 is 78.8. The van der Waals surface area contributed by atoms with Crippen LogP contribution in [0.1, 0.15) is 36.8 Å². The minimum atomic E-state index is -5.08. The number of nitrogens with zero attached hydrogens (tertiary/aromatic N) is 2. The van der Waals surface area contributed by atoms with E-state index < -0.39 is 22.2 Å². The molecule has 12 heteroatoms. The van der Waals surface area contributed by atoms with E-state index >= 15 is 0 Å². The molecule has 37 heavy (non-hydrogen) atoms. The lowest BCUT2D eigenvalue weighted by Crippen LogP contribution is -2.56. The Morgan fingerprint density at radius 2 is 1.68 bits per heavy atom. The van der Waals surface area contributed by atoms with Crippen LogP contribution in [0.3, 0.4) is 0 Å². The van der Waals surface area contributed by atoms with Gasteiger partial charge in [-0.05, 0) is 55.5 Å². The molecule has 2 aromatic rings. The van der Waals surface area contributed by atoms with Gasteiger partial charge in [-0.2, -0.15) is 17.5 Å². The van der Waals surface area contributed by atoms with Gasteiger partial charge in [-0.3, -0.25) is 4.90 Å². The number of benzene rings is 2. The zero-order chi connectivity index (χ0) is 27.3. The van der Waals surface area contributed by atoms with Crippen LogP contribution in [0.5, 0.6) is 5.75 Å². The highest BCUT2D eigenvalue weighted by Crippen LogP contribution is 2.39. The molecule has 4 rings (SSSR count). The molecule has 0 aromatic heterocycles. The normalized spacial score (nSPS) is 20.9. The van der Waals surface area contributed by atoms with Gasteiger partial charge in [-0.15, -0.1) is 0 Å². The predicted molar refractivity (Wildman–Crippen MR) is 129 cm³/mol. The average molecular weight is 547 g/mol. The molecule has 2 aromatic carbocycles. The third-order valence-electron chi connectivity index (χ3n) is 6.68. The Bertz CT molecular complexity index is 1180. The lowest BCUT2D eigenvalue weighted by molar-refractivity contribution is -0.192. The number of carboxylic acid groups (broad SMARTS) is 1. The summed E-state index contributed by atoms with van der Waals surface area (Å²) in [6, 6.07) is 14.4. The number of sulfonamides is 1. The molecule has 2 fully saturated rings. The third kappa shape index (κ3) is 7.42. The van der Waals surface area contributed by atoms with Crippen molar-refractivity contribution in [3.63, 3.8) is 0 Å². The number of rotatable bonds is 6. The van der Waals surface area contributed by atoms with E-state index in [9.17, 15) is 26.0 Å². The summed E-state index contributed by atoms with van der Waals surface area (Å²) in [7, 11) is -1.92. The fourth-order valence-corrected chi connectivity index (χ4v) is 6.56. The molecule has 204 valence electrons. The Hall–Kier alpha value is -2.70. The number of alkyl halides is 3. The van der Waals surface area contributed by atoms with Crippen LogP contribution < -0.4 is 4.74 Å². The lowest BCUT2D eigenvalue weighted by Gasteiger charge is -2.45. The van der Waals surface area contributed by atoms with E-state index in [1.165, 1.54) is 13.2 Å². The van der Waals surface area contributed by atoms with Crippen LogP contribution >= 0.6 is 0 Å². The van der Waals surface area contributed by atoms with Gasteiger partial charge in [0.05, 0.1) is 12.9 Å². The number of halogens is 4. The summed E-state index contributed by atoms with van der Waals surface area (Å²) >= 11 is 0. The van der Waals surface area contributed by atoms with E-state index in [0.717, 1.165) is 43.4 Å². The van der Waals surface area contributed by atoms with Crippen LogP contribution in [-0.4, -0.2) is 67.2 Å². The first-order valence-corrected chi connectivity index (χ1v) is 13.4. The van der Waals surface area contributed by atoms with Crippen LogP contribution in [0.4, 0.5) is 17.6 Å². The van der Waals surface area contributed by atoms with Crippen molar-refractivity contribution in [3.8, 4) is 5.75 Å². The summed E-state index contributed by atoms with van der Waals surface area (Å²) in [5, 5.41) is 7.12. The average Bonchev–Trinajstić information content (AvgIpc) is 3.20. The summed E-state index contributed by atoms with van der Waals surface area (Å²) in [6.45, 7) is 2.61. The molecular formula is C25H30F4N2O5S. The van der Waals surface area contributed by atoms with Gasteiger partial charge < -0.3 is 9.84 Å². The topological polar surface area (TPSA) is 87.2 Å². The fourth-order valence-electron chi connectivity index (χ4n) is 4.92. The molecule has 0 radical (unpaired) electrons.